The van der Waals surface area contributed by atoms with Gasteiger partial charge >= 0.3 is 0 Å². The Labute approximate surface area is 135 Å². The number of benzene rings is 3. The smallest absolute Gasteiger partial charge is 0.129 e. The van der Waals surface area contributed by atoms with Crippen LogP contribution in [0.4, 0.5) is 11.4 Å². The van der Waals surface area contributed by atoms with Gasteiger partial charge in [-0.2, -0.15) is 0 Å². The fourth-order valence-corrected chi connectivity index (χ4v) is 3.14. The highest BCUT2D eigenvalue weighted by molar-refractivity contribution is 6.04. The van der Waals surface area contributed by atoms with Gasteiger partial charge in [-0.1, -0.05) is 24.3 Å². The Bertz CT molecular complexity index is 836. The van der Waals surface area contributed by atoms with E-state index < -0.39 is 0 Å². The third-order valence-corrected chi connectivity index (χ3v) is 4.26. The van der Waals surface area contributed by atoms with Crippen molar-refractivity contribution in [2.75, 3.05) is 24.9 Å². The van der Waals surface area contributed by atoms with Gasteiger partial charge in [0.1, 0.15) is 17.7 Å². The van der Waals surface area contributed by atoms with E-state index in [2.05, 4.69) is 47.0 Å². The van der Waals surface area contributed by atoms with Crippen molar-refractivity contribution in [1.29, 1.82) is 0 Å². The number of ether oxygens (including phenoxy) is 2. The lowest BCUT2D eigenvalue weighted by Gasteiger charge is -2.30. The Morgan fingerprint density at radius 3 is 2.13 bits per heavy atom. The van der Waals surface area contributed by atoms with Crippen LogP contribution in [0.3, 0.4) is 0 Å². The van der Waals surface area contributed by atoms with E-state index >= 15 is 0 Å². The van der Waals surface area contributed by atoms with Crippen LogP contribution in [0.2, 0.25) is 0 Å². The number of anilines is 2. The lowest BCUT2D eigenvalue weighted by Crippen LogP contribution is -2.24. The average molecular weight is 306 g/mol. The van der Waals surface area contributed by atoms with Crippen LogP contribution in [0, 0.1) is 0 Å². The van der Waals surface area contributed by atoms with Crippen molar-refractivity contribution in [3.05, 3.63) is 60.2 Å². The zero-order valence-corrected chi connectivity index (χ0v) is 13.1. The maximum atomic E-state index is 5.54. The molecule has 0 aliphatic carbocycles. The molecule has 4 heteroatoms. The standard InChI is InChI=1S/C19H18N2O2/c1-22-13-9-10-14(17(11-13)23-2)19-20-15-7-3-5-12-6-4-8-16(21-19)18(12)15/h3-11,19-21H,1-2H3. The first-order valence-corrected chi connectivity index (χ1v) is 7.57. The largest absolute Gasteiger partial charge is 0.497 e. The van der Waals surface area contributed by atoms with Gasteiger partial charge in [-0.15, -0.1) is 0 Å². The normalized spacial score (nSPS) is 13.3. The molecular weight excluding hydrogens is 288 g/mol. The van der Waals surface area contributed by atoms with Gasteiger partial charge < -0.3 is 20.1 Å². The summed E-state index contributed by atoms with van der Waals surface area (Å²) >= 11 is 0. The SMILES string of the molecule is COc1ccc(C2Nc3cccc4cccc(c34)N2)c(OC)c1. The van der Waals surface area contributed by atoms with Gasteiger partial charge in [-0.3, -0.25) is 0 Å². The lowest BCUT2D eigenvalue weighted by atomic mass is 10.0. The number of methoxy groups -OCH3 is 2. The molecule has 1 aliphatic heterocycles. The van der Waals surface area contributed by atoms with Crippen LogP contribution in [-0.2, 0) is 0 Å². The van der Waals surface area contributed by atoms with E-state index in [-0.39, 0.29) is 6.17 Å². The molecule has 1 heterocycles. The van der Waals surface area contributed by atoms with E-state index in [1.165, 1.54) is 10.8 Å². The minimum absolute atomic E-state index is 0.0589. The van der Waals surface area contributed by atoms with Crippen molar-refractivity contribution in [2.45, 2.75) is 6.17 Å². The molecule has 4 rings (SSSR count). The predicted molar refractivity (Wildman–Crippen MR) is 93.5 cm³/mol. The van der Waals surface area contributed by atoms with Crippen molar-refractivity contribution in [1.82, 2.24) is 0 Å². The maximum Gasteiger partial charge on any atom is 0.129 e. The second kappa shape index (κ2) is 5.39. The minimum atomic E-state index is -0.0589. The average Bonchev–Trinajstić information content (AvgIpc) is 2.61. The molecule has 0 radical (unpaired) electrons. The summed E-state index contributed by atoms with van der Waals surface area (Å²) in [4.78, 5) is 0. The summed E-state index contributed by atoms with van der Waals surface area (Å²) in [5.74, 6) is 1.57. The number of nitrogens with one attached hydrogen (secondary N) is 2. The quantitative estimate of drug-likeness (QED) is 0.753. The van der Waals surface area contributed by atoms with Crippen molar-refractivity contribution in [3.8, 4) is 11.5 Å². The summed E-state index contributed by atoms with van der Waals surface area (Å²) in [6, 6.07) is 18.5. The molecule has 0 unspecified atom stereocenters. The molecular formula is C19H18N2O2. The van der Waals surface area contributed by atoms with E-state index in [9.17, 15) is 0 Å². The van der Waals surface area contributed by atoms with Crippen molar-refractivity contribution < 1.29 is 9.47 Å². The molecule has 0 saturated heterocycles. The highest BCUT2D eigenvalue weighted by Gasteiger charge is 2.23. The molecule has 0 fully saturated rings. The zero-order chi connectivity index (χ0) is 15.8. The van der Waals surface area contributed by atoms with Gasteiger partial charge in [-0.05, 0) is 29.7 Å². The van der Waals surface area contributed by atoms with Crippen LogP contribution in [0.1, 0.15) is 11.7 Å². The molecule has 2 N–H and O–H groups in total. The highest BCUT2D eigenvalue weighted by Crippen LogP contribution is 2.40. The van der Waals surface area contributed by atoms with E-state index in [4.69, 9.17) is 9.47 Å². The Morgan fingerprint density at radius 1 is 0.826 bits per heavy atom. The fourth-order valence-electron chi connectivity index (χ4n) is 3.14. The molecule has 116 valence electrons. The summed E-state index contributed by atoms with van der Waals surface area (Å²) in [5.41, 5.74) is 3.29. The fraction of sp³-hybridized carbons (Fsp3) is 0.158. The highest BCUT2D eigenvalue weighted by atomic mass is 16.5. The summed E-state index contributed by atoms with van der Waals surface area (Å²) in [5, 5.41) is 9.56. The summed E-state index contributed by atoms with van der Waals surface area (Å²) in [6.45, 7) is 0. The maximum absolute atomic E-state index is 5.54. The van der Waals surface area contributed by atoms with Gasteiger partial charge in [0, 0.05) is 28.4 Å². The van der Waals surface area contributed by atoms with Gasteiger partial charge in [0.25, 0.3) is 0 Å². The zero-order valence-electron chi connectivity index (χ0n) is 13.1. The molecule has 0 aromatic heterocycles. The van der Waals surface area contributed by atoms with Crippen LogP contribution < -0.4 is 20.1 Å². The van der Waals surface area contributed by atoms with Gasteiger partial charge in [0.05, 0.1) is 14.2 Å². The molecule has 23 heavy (non-hydrogen) atoms. The van der Waals surface area contributed by atoms with Crippen molar-refractivity contribution >= 4 is 22.1 Å². The summed E-state index contributed by atoms with van der Waals surface area (Å²) < 4.78 is 10.8. The predicted octanol–water partition coefficient (Wildman–Crippen LogP) is 4.39. The molecule has 0 spiro atoms. The molecule has 4 nitrogen and oxygen atoms in total. The first kappa shape index (κ1) is 13.8. The Morgan fingerprint density at radius 2 is 1.52 bits per heavy atom. The van der Waals surface area contributed by atoms with Crippen LogP contribution >= 0.6 is 0 Å². The number of hydrogen-bond donors (Lipinski definition) is 2. The Kier molecular flexibility index (Phi) is 3.23. The number of hydrogen-bond acceptors (Lipinski definition) is 4. The minimum Gasteiger partial charge on any atom is -0.497 e. The van der Waals surface area contributed by atoms with Gasteiger partial charge in [0.2, 0.25) is 0 Å². The topological polar surface area (TPSA) is 42.5 Å². The van der Waals surface area contributed by atoms with E-state index in [1.807, 2.05) is 18.2 Å². The molecule has 0 saturated carbocycles. The monoisotopic (exact) mass is 306 g/mol. The lowest BCUT2D eigenvalue weighted by molar-refractivity contribution is 0.390. The molecule has 1 aliphatic rings. The summed E-state index contributed by atoms with van der Waals surface area (Å²) in [6.07, 6.45) is -0.0589. The van der Waals surface area contributed by atoms with E-state index in [1.54, 1.807) is 14.2 Å². The number of rotatable bonds is 3. The third kappa shape index (κ3) is 2.23. The van der Waals surface area contributed by atoms with Gasteiger partial charge in [0.15, 0.2) is 0 Å². The first-order valence-electron chi connectivity index (χ1n) is 7.57. The van der Waals surface area contributed by atoms with Crippen molar-refractivity contribution in [2.24, 2.45) is 0 Å². The van der Waals surface area contributed by atoms with Gasteiger partial charge in [-0.25, -0.2) is 0 Å². The Hall–Kier alpha value is -2.88. The molecule has 0 amide bonds. The van der Waals surface area contributed by atoms with E-state index in [0.717, 1.165) is 28.4 Å². The summed E-state index contributed by atoms with van der Waals surface area (Å²) in [7, 11) is 3.33. The second-order valence-corrected chi connectivity index (χ2v) is 5.54. The van der Waals surface area contributed by atoms with Crippen LogP contribution in [-0.4, -0.2) is 14.2 Å². The third-order valence-electron chi connectivity index (χ3n) is 4.26. The molecule has 3 aromatic carbocycles. The molecule has 3 aromatic rings. The molecule has 0 bridgehead atoms. The van der Waals surface area contributed by atoms with Crippen LogP contribution in [0.25, 0.3) is 10.8 Å². The van der Waals surface area contributed by atoms with Crippen LogP contribution in [0.5, 0.6) is 11.5 Å². The first-order chi connectivity index (χ1) is 11.3. The second-order valence-electron chi connectivity index (χ2n) is 5.54. The molecule has 0 atom stereocenters. The van der Waals surface area contributed by atoms with E-state index in [0.29, 0.717) is 0 Å². The Balaban J connectivity index is 1.79. The van der Waals surface area contributed by atoms with Crippen molar-refractivity contribution in [3.63, 3.8) is 0 Å². The van der Waals surface area contributed by atoms with Crippen LogP contribution in [0.15, 0.2) is 54.6 Å².